The number of carboxylic acids is 8. The number of carbonyl (C=O) groups excluding carboxylic acids is 2. The molecule has 10 N–H and O–H groups in total. The maximum Gasteiger partial charge on any atom is 0.303 e. The number of rotatable bonds is 34. The van der Waals surface area contributed by atoms with Crippen LogP contribution >= 0.6 is 0 Å². The van der Waals surface area contributed by atoms with Crippen LogP contribution in [0, 0.1) is 11.3 Å². The highest BCUT2D eigenvalue weighted by molar-refractivity contribution is 5.95. The normalized spacial score (nSPS) is 13.0. The monoisotopic (exact) mass is 1290 g/mol. The van der Waals surface area contributed by atoms with Gasteiger partial charge in [-0.15, -0.1) is 20.5 Å². The van der Waals surface area contributed by atoms with Crippen LogP contribution in [0.4, 0.5) is 22.7 Å². The number of hydrogen-bond donors (Lipinski definition) is 8. The summed E-state index contributed by atoms with van der Waals surface area (Å²) in [6, 6.07) is 45.6. The molecule has 0 saturated heterocycles. The molecule has 0 saturated carbocycles. The fraction of sp³-hybridized carbons (Fsp3) is 0.343. The number of benzene rings is 6. The van der Waals surface area contributed by atoms with Gasteiger partial charge in [0, 0.05) is 56.4 Å². The Balaban J connectivity index is 0.000000239. The molecule has 8 rings (SSSR count). The van der Waals surface area contributed by atoms with Crippen molar-refractivity contribution < 1.29 is 90.1 Å². The SMILES string of the molecule is CCCCC(CC)(CC)CC(CC(=O)[O-])C(=O)[O-].O=C(O)CCc1ccc(C2=NN(c3ccc(CCC(=O)O)cc3)N(c3ccc(CCC(=O)O)cc3)[NH2+]2)cc1.O=C(O)CCc1ccc(C2=NN(c3ccc(CCC(=O)O)cc3)N(c3ccc(CCC(=O)O)cc3)[NH2+]2)cc1. The molecule has 94 heavy (non-hydrogen) atoms. The van der Waals surface area contributed by atoms with Gasteiger partial charge < -0.3 is 50.4 Å². The van der Waals surface area contributed by atoms with E-state index in [1.807, 2.05) is 181 Å². The standard InChI is InChI=1S/2C28H28N4O6.C14H26O4/c2*33-25(34)16-7-19-1-10-22(11-2-19)28-29-31(23-12-3-20(4-13-23)8-17-26(35)36)32(30-28)24-14-5-21(6-15-24)9-18-27(37)38;1-4-7-8-14(5-2,6-3)10-11(13(17)18)9-12(15)16/h2*1-6,10-15H,7-9,16-18H2,(H,29,30)(H,33,34)(H,35,36)(H,37,38);11H,4-10H2,1-3H3,(H,15,16)(H,17,18). The van der Waals surface area contributed by atoms with E-state index in [-0.39, 0.29) is 43.9 Å². The second kappa shape index (κ2) is 36.0. The second-order valence-corrected chi connectivity index (χ2v) is 23.0. The van der Waals surface area contributed by atoms with Crippen molar-refractivity contribution in [3.05, 3.63) is 190 Å². The van der Waals surface area contributed by atoms with E-state index in [9.17, 15) is 48.6 Å². The average Bonchev–Trinajstić information content (AvgIpc) is 1.66. The van der Waals surface area contributed by atoms with Gasteiger partial charge in [-0.05, 0) is 169 Å². The van der Waals surface area contributed by atoms with Crippen molar-refractivity contribution >= 4 is 82.2 Å². The molecule has 1 atom stereocenters. The van der Waals surface area contributed by atoms with Crippen molar-refractivity contribution in [3.8, 4) is 0 Å². The fourth-order valence-corrected chi connectivity index (χ4v) is 10.6. The Morgan fingerprint density at radius 1 is 0.415 bits per heavy atom. The number of carboxylic acid groups (broad SMARTS) is 8. The summed E-state index contributed by atoms with van der Waals surface area (Å²) >= 11 is 0. The Kier molecular flexibility index (Phi) is 27.8. The predicted octanol–water partition coefficient (Wildman–Crippen LogP) is 6.52. The zero-order valence-corrected chi connectivity index (χ0v) is 53.0. The van der Waals surface area contributed by atoms with Gasteiger partial charge >= 0.3 is 35.8 Å². The number of unbranched alkanes of at least 4 members (excludes halogenated alkanes) is 1. The van der Waals surface area contributed by atoms with Crippen molar-refractivity contribution in [2.75, 3.05) is 20.5 Å². The largest absolute Gasteiger partial charge is 0.550 e. The number of carbonyl (C=O) groups is 8. The van der Waals surface area contributed by atoms with Gasteiger partial charge in [-0.2, -0.15) is 10.9 Å². The minimum atomic E-state index is -1.32. The maximum absolute atomic E-state index is 11.0. The summed E-state index contributed by atoms with van der Waals surface area (Å²) in [7, 11) is 0. The van der Waals surface area contributed by atoms with Gasteiger partial charge in [0.15, 0.2) is 0 Å². The fourth-order valence-electron chi connectivity index (χ4n) is 10.6. The van der Waals surface area contributed by atoms with Gasteiger partial charge in [0.05, 0.1) is 22.5 Å². The number of quaternary nitrogens is 2. The molecule has 498 valence electrons. The molecule has 0 spiro atoms. The summed E-state index contributed by atoms with van der Waals surface area (Å²) in [5.41, 5.74) is 14.2. The molecule has 0 bridgehead atoms. The molecule has 2 aliphatic rings. The van der Waals surface area contributed by atoms with E-state index < -0.39 is 60.1 Å². The minimum absolute atomic E-state index is 0.0575. The zero-order chi connectivity index (χ0) is 68.3. The molecule has 24 nitrogen and oxygen atoms in total. The Morgan fingerprint density at radius 2 is 0.681 bits per heavy atom. The quantitative estimate of drug-likeness (QED) is 0.0199. The molecule has 6 aromatic rings. The molecule has 24 heteroatoms. The summed E-state index contributed by atoms with van der Waals surface area (Å²) in [6.07, 6.45) is 7.70. The van der Waals surface area contributed by atoms with Gasteiger partial charge in [0.1, 0.15) is 11.4 Å². The summed E-state index contributed by atoms with van der Waals surface area (Å²) in [4.78, 5) is 87.0. The van der Waals surface area contributed by atoms with Crippen LogP contribution < -0.4 is 41.5 Å². The Morgan fingerprint density at radius 3 is 0.915 bits per heavy atom. The topological polar surface area (TPSA) is 375 Å². The van der Waals surface area contributed by atoms with E-state index in [1.165, 1.54) is 0 Å². The number of nitrogens with two attached hydrogens (primary N) is 2. The Bertz CT molecular complexity index is 3370. The molecule has 0 aliphatic carbocycles. The van der Waals surface area contributed by atoms with Gasteiger partial charge in [-0.1, -0.05) is 129 Å². The number of hydrogen-bond acceptors (Lipinski definition) is 16. The van der Waals surface area contributed by atoms with Crippen LogP contribution in [0.3, 0.4) is 0 Å². The zero-order valence-electron chi connectivity index (χ0n) is 53.0. The first-order chi connectivity index (χ1) is 45.0. The van der Waals surface area contributed by atoms with Crippen LogP contribution in [-0.2, 0) is 76.9 Å². The van der Waals surface area contributed by atoms with E-state index in [1.54, 1.807) is 10.2 Å². The summed E-state index contributed by atoms with van der Waals surface area (Å²) in [6.45, 7) is 6.16. The van der Waals surface area contributed by atoms with Gasteiger partial charge in [0.2, 0.25) is 0 Å². The van der Waals surface area contributed by atoms with E-state index in [0.29, 0.717) is 56.6 Å². The van der Waals surface area contributed by atoms with Crippen LogP contribution in [0.15, 0.2) is 156 Å². The first kappa shape index (κ1) is 72.6. The van der Waals surface area contributed by atoms with Crippen LogP contribution in [0.25, 0.3) is 0 Å². The van der Waals surface area contributed by atoms with Crippen molar-refractivity contribution in [2.45, 2.75) is 143 Å². The molecule has 1 unspecified atom stereocenters. The number of hydrazine groups is 2. The van der Waals surface area contributed by atoms with Crippen molar-refractivity contribution in [2.24, 2.45) is 21.5 Å². The highest BCUT2D eigenvalue weighted by Gasteiger charge is 2.34. The lowest BCUT2D eigenvalue weighted by Gasteiger charge is -2.36. The smallest absolute Gasteiger partial charge is 0.303 e. The lowest BCUT2D eigenvalue weighted by molar-refractivity contribution is -0.545. The van der Waals surface area contributed by atoms with Gasteiger partial charge in [0.25, 0.3) is 11.7 Å². The number of anilines is 4. The molecule has 0 amide bonds. The molecular weight excluding hydrogens is 1210 g/mol. The highest BCUT2D eigenvalue weighted by Crippen LogP contribution is 2.40. The van der Waals surface area contributed by atoms with Crippen molar-refractivity contribution in [1.29, 1.82) is 0 Å². The van der Waals surface area contributed by atoms with Gasteiger partial charge in [-0.25, -0.2) is 0 Å². The van der Waals surface area contributed by atoms with E-state index in [2.05, 4.69) is 6.92 Å². The van der Waals surface area contributed by atoms with E-state index in [0.717, 1.165) is 99.4 Å². The third-order valence-electron chi connectivity index (χ3n) is 16.3. The van der Waals surface area contributed by atoms with Gasteiger partial charge in [-0.3, -0.25) is 28.8 Å². The Labute approximate surface area is 545 Å². The molecule has 0 radical (unpaired) electrons. The number of amidine groups is 2. The first-order valence-electron chi connectivity index (χ1n) is 31.3. The molecule has 2 aliphatic heterocycles. The third-order valence-corrected chi connectivity index (χ3v) is 16.3. The molecule has 2 heterocycles. The number of aryl methyl sites for hydroxylation is 6. The number of aliphatic carboxylic acids is 8. The maximum atomic E-state index is 11.0. The van der Waals surface area contributed by atoms with Crippen LogP contribution in [0.2, 0.25) is 0 Å². The summed E-state index contributed by atoms with van der Waals surface area (Å²) in [5.74, 6) is -7.16. The van der Waals surface area contributed by atoms with E-state index in [4.69, 9.17) is 40.8 Å². The first-order valence-corrected chi connectivity index (χ1v) is 31.3. The second-order valence-electron chi connectivity index (χ2n) is 23.0. The van der Waals surface area contributed by atoms with Crippen molar-refractivity contribution in [3.63, 3.8) is 0 Å². The van der Waals surface area contributed by atoms with Crippen LogP contribution in [-0.4, -0.2) is 90.1 Å². The lowest BCUT2D eigenvalue weighted by atomic mass is 9.71. The summed E-state index contributed by atoms with van der Waals surface area (Å²) < 4.78 is 0. The van der Waals surface area contributed by atoms with Crippen LogP contribution in [0.5, 0.6) is 0 Å². The average molecular weight is 1290 g/mol. The molecule has 6 aromatic carbocycles. The lowest BCUT2D eigenvalue weighted by Crippen LogP contribution is -2.96. The third kappa shape index (κ3) is 23.0. The minimum Gasteiger partial charge on any atom is -0.550 e. The summed E-state index contributed by atoms with van der Waals surface area (Å²) in [5, 5.41) is 92.3. The van der Waals surface area contributed by atoms with Crippen LogP contribution in [0.1, 0.15) is 149 Å². The molecule has 0 fully saturated rings. The molecular formula is C70H82N8O16. The highest BCUT2D eigenvalue weighted by atomic mass is 16.4. The molecule has 0 aromatic heterocycles. The number of hydrazone groups is 2. The predicted molar refractivity (Wildman–Crippen MR) is 347 cm³/mol. The Hall–Kier alpha value is -10.5. The van der Waals surface area contributed by atoms with E-state index >= 15 is 0 Å². The van der Waals surface area contributed by atoms with Crippen molar-refractivity contribution in [1.82, 2.24) is 0 Å². The number of nitrogens with zero attached hydrogens (tertiary/aromatic N) is 6.